The van der Waals surface area contributed by atoms with Crippen molar-refractivity contribution in [2.75, 3.05) is 45.9 Å². The molecule has 1 aliphatic heterocycles. The van der Waals surface area contributed by atoms with Crippen molar-refractivity contribution >= 4 is 17.9 Å². The van der Waals surface area contributed by atoms with Gasteiger partial charge in [0.2, 0.25) is 5.91 Å². The maximum absolute atomic E-state index is 12.9. The number of hydrogen-bond donors (Lipinski definition) is 1. The summed E-state index contributed by atoms with van der Waals surface area (Å²) < 4.78 is 5.42. The van der Waals surface area contributed by atoms with Gasteiger partial charge in [-0.25, -0.2) is 0 Å². The molecule has 0 unspecified atom stereocenters. The topological polar surface area (TPSA) is 61.9 Å². The lowest BCUT2D eigenvalue weighted by Gasteiger charge is -2.29. The molecule has 0 atom stereocenters. The fraction of sp³-hybridized carbons (Fsp3) is 0.600. The van der Waals surface area contributed by atoms with E-state index in [2.05, 4.69) is 17.1 Å². The Morgan fingerprint density at radius 2 is 1.84 bits per heavy atom. The van der Waals surface area contributed by atoms with E-state index in [4.69, 9.17) is 4.74 Å². The highest BCUT2D eigenvalue weighted by molar-refractivity contribution is 5.95. The predicted molar refractivity (Wildman–Crippen MR) is 124 cm³/mol. The summed E-state index contributed by atoms with van der Waals surface area (Å²) in [4.78, 5) is 29.3. The van der Waals surface area contributed by atoms with Crippen molar-refractivity contribution in [3.8, 4) is 0 Å². The summed E-state index contributed by atoms with van der Waals surface area (Å²) in [7, 11) is 0. The maximum atomic E-state index is 12.9. The second-order valence-electron chi connectivity index (χ2n) is 8.54. The zero-order chi connectivity index (χ0) is 21.9. The van der Waals surface area contributed by atoms with Gasteiger partial charge in [0.05, 0.1) is 13.2 Å². The van der Waals surface area contributed by atoms with E-state index in [0.717, 1.165) is 77.2 Å². The van der Waals surface area contributed by atoms with Crippen molar-refractivity contribution in [2.45, 2.75) is 51.5 Å². The van der Waals surface area contributed by atoms with Gasteiger partial charge in [0, 0.05) is 50.4 Å². The summed E-state index contributed by atoms with van der Waals surface area (Å²) >= 11 is 0. The Kier molecular flexibility index (Phi) is 9.56. The second kappa shape index (κ2) is 12.6. The molecule has 1 aromatic rings. The van der Waals surface area contributed by atoms with Gasteiger partial charge in [-0.3, -0.25) is 14.5 Å². The smallest absolute Gasteiger partial charge is 0.251 e. The molecule has 2 aliphatic rings. The fourth-order valence-corrected chi connectivity index (χ4v) is 3.66. The molecule has 1 saturated heterocycles. The van der Waals surface area contributed by atoms with E-state index < -0.39 is 0 Å². The third-order valence-electron chi connectivity index (χ3n) is 5.89. The number of hydrogen-bond acceptors (Lipinski definition) is 4. The van der Waals surface area contributed by atoms with E-state index in [-0.39, 0.29) is 11.8 Å². The minimum absolute atomic E-state index is 0.0181. The molecule has 1 heterocycles. The standard InChI is InChI=1S/C25H37N3O3/c1-2-3-4-5-14-28(16-15-27-17-19-31-20-18-27)24(29)13-8-21-6-9-22(10-7-21)25(30)26-23-11-12-23/h6-10,13,23H,2-5,11-12,14-20H2,1H3,(H,26,30)/b13-8+. The number of ether oxygens (including phenoxy) is 1. The maximum Gasteiger partial charge on any atom is 0.251 e. The van der Waals surface area contributed by atoms with Crippen LogP contribution in [0.2, 0.25) is 0 Å². The highest BCUT2D eigenvalue weighted by Gasteiger charge is 2.23. The van der Waals surface area contributed by atoms with Gasteiger partial charge >= 0.3 is 0 Å². The van der Waals surface area contributed by atoms with Crippen LogP contribution in [-0.2, 0) is 9.53 Å². The minimum atomic E-state index is -0.0181. The number of nitrogens with one attached hydrogen (secondary N) is 1. The average Bonchev–Trinajstić information content (AvgIpc) is 3.62. The van der Waals surface area contributed by atoms with Crippen molar-refractivity contribution in [1.82, 2.24) is 15.1 Å². The normalized spacial score (nSPS) is 17.1. The molecule has 0 radical (unpaired) electrons. The van der Waals surface area contributed by atoms with Crippen LogP contribution in [-0.4, -0.2) is 73.6 Å². The highest BCUT2D eigenvalue weighted by atomic mass is 16.5. The lowest BCUT2D eigenvalue weighted by molar-refractivity contribution is -0.126. The van der Waals surface area contributed by atoms with Gasteiger partial charge in [0.25, 0.3) is 5.91 Å². The second-order valence-corrected chi connectivity index (χ2v) is 8.54. The molecule has 1 N–H and O–H groups in total. The number of benzene rings is 1. The number of carbonyl (C=O) groups is 2. The highest BCUT2D eigenvalue weighted by Crippen LogP contribution is 2.19. The number of nitrogens with zero attached hydrogens (tertiary/aromatic N) is 2. The molecule has 3 rings (SSSR count). The van der Waals surface area contributed by atoms with Gasteiger partial charge in [0.1, 0.15) is 0 Å². The zero-order valence-electron chi connectivity index (χ0n) is 18.9. The number of morpholine rings is 1. The fourth-order valence-electron chi connectivity index (χ4n) is 3.66. The van der Waals surface area contributed by atoms with Gasteiger partial charge in [-0.2, -0.15) is 0 Å². The SMILES string of the molecule is CCCCCCN(CCN1CCOCC1)C(=O)/C=C/c1ccc(C(=O)NC2CC2)cc1. The van der Waals surface area contributed by atoms with E-state index in [9.17, 15) is 9.59 Å². The molecule has 6 heteroatoms. The largest absolute Gasteiger partial charge is 0.379 e. The molecule has 6 nitrogen and oxygen atoms in total. The number of rotatable bonds is 12. The van der Waals surface area contributed by atoms with E-state index in [1.165, 1.54) is 12.8 Å². The lowest BCUT2D eigenvalue weighted by atomic mass is 10.1. The van der Waals surface area contributed by atoms with Crippen LogP contribution in [0.25, 0.3) is 6.08 Å². The summed E-state index contributed by atoms with van der Waals surface area (Å²) in [5.74, 6) is 0.0378. The van der Waals surface area contributed by atoms with Crippen LogP contribution < -0.4 is 5.32 Å². The van der Waals surface area contributed by atoms with Crippen LogP contribution >= 0.6 is 0 Å². The van der Waals surface area contributed by atoms with E-state index in [1.54, 1.807) is 6.08 Å². The number of amides is 2. The molecule has 31 heavy (non-hydrogen) atoms. The molecule has 170 valence electrons. The van der Waals surface area contributed by atoms with E-state index >= 15 is 0 Å². The first kappa shape index (κ1) is 23.5. The molecule has 1 saturated carbocycles. The summed E-state index contributed by atoms with van der Waals surface area (Å²) in [5, 5.41) is 2.99. The van der Waals surface area contributed by atoms with Crippen LogP contribution in [0.1, 0.15) is 61.4 Å². The summed E-state index contributed by atoms with van der Waals surface area (Å²) in [5.41, 5.74) is 1.59. The van der Waals surface area contributed by atoms with Crippen LogP contribution in [0.4, 0.5) is 0 Å². The summed E-state index contributed by atoms with van der Waals surface area (Å²) in [6, 6.07) is 7.78. The van der Waals surface area contributed by atoms with Crippen LogP contribution in [0.3, 0.4) is 0 Å². The molecule has 0 spiro atoms. The molecule has 2 fully saturated rings. The first-order chi connectivity index (χ1) is 15.2. The first-order valence-corrected chi connectivity index (χ1v) is 11.8. The predicted octanol–water partition coefficient (Wildman–Crippen LogP) is 3.33. The third-order valence-corrected chi connectivity index (χ3v) is 5.89. The van der Waals surface area contributed by atoms with E-state index in [0.29, 0.717) is 11.6 Å². The summed E-state index contributed by atoms with van der Waals surface area (Å²) in [6.07, 6.45) is 10.3. The van der Waals surface area contributed by atoms with Crippen molar-refractivity contribution in [2.24, 2.45) is 0 Å². The van der Waals surface area contributed by atoms with Gasteiger partial charge < -0.3 is 15.0 Å². The van der Waals surface area contributed by atoms with Crippen molar-refractivity contribution in [1.29, 1.82) is 0 Å². The Balaban J connectivity index is 1.52. The van der Waals surface area contributed by atoms with Crippen molar-refractivity contribution in [3.63, 3.8) is 0 Å². The summed E-state index contributed by atoms with van der Waals surface area (Å²) in [6.45, 7) is 8.07. The molecular formula is C25H37N3O3. The van der Waals surface area contributed by atoms with Gasteiger partial charge in [-0.15, -0.1) is 0 Å². The molecule has 2 amide bonds. The molecule has 1 aliphatic carbocycles. The van der Waals surface area contributed by atoms with Crippen LogP contribution in [0.15, 0.2) is 30.3 Å². The Morgan fingerprint density at radius 1 is 1.10 bits per heavy atom. The number of carbonyl (C=O) groups excluding carboxylic acids is 2. The quantitative estimate of drug-likeness (QED) is 0.411. The van der Waals surface area contributed by atoms with Crippen LogP contribution in [0.5, 0.6) is 0 Å². The number of unbranched alkanes of at least 4 members (excludes halogenated alkanes) is 3. The van der Waals surface area contributed by atoms with Gasteiger partial charge in [-0.05, 0) is 43.0 Å². The molecule has 0 bridgehead atoms. The van der Waals surface area contributed by atoms with Crippen molar-refractivity contribution < 1.29 is 14.3 Å². The average molecular weight is 428 g/mol. The molecule has 1 aromatic carbocycles. The Bertz CT molecular complexity index is 722. The minimum Gasteiger partial charge on any atom is -0.379 e. The third kappa shape index (κ3) is 8.46. The monoisotopic (exact) mass is 427 g/mol. The zero-order valence-corrected chi connectivity index (χ0v) is 18.9. The van der Waals surface area contributed by atoms with Crippen molar-refractivity contribution in [3.05, 3.63) is 41.5 Å². The Hall–Kier alpha value is -2.18. The van der Waals surface area contributed by atoms with Crippen LogP contribution in [0, 0.1) is 0 Å². The van der Waals surface area contributed by atoms with Gasteiger partial charge in [0.15, 0.2) is 0 Å². The molecule has 0 aromatic heterocycles. The first-order valence-electron chi connectivity index (χ1n) is 11.8. The Labute approximate surface area is 186 Å². The van der Waals surface area contributed by atoms with E-state index in [1.807, 2.05) is 35.2 Å². The molecular weight excluding hydrogens is 390 g/mol. The lowest BCUT2D eigenvalue weighted by Crippen LogP contribution is -2.43. The Morgan fingerprint density at radius 3 is 2.52 bits per heavy atom. The van der Waals surface area contributed by atoms with Gasteiger partial charge in [-0.1, -0.05) is 38.3 Å².